The van der Waals surface area contributed by atoms with Crippen LogP contribution < -0.4 is 10.1 Å². The zero-order valence-electron chi connectivity index (χ0n) is 14.2. The monoisotopic (exact) mass is 350 g/mol. The average Bonchev–Trinajstić information content (AvgIpc) is 2.82. The molecule has 1 aliphatic heterocycles. The summed E-state index contributed by atoms with van der Waals surface area (Å²) in [4.78, 5) is 26.0. The number of imide groups is 1. The number of aliphatic hydroxyl groups is 1. The van der Waals surface area contributed by atoms with Crippen LogP contribution in [0.1, 0.15) is 32.6 Å². The Bertz CT molecular complexity index is 641. The number of aliphatic hydroxyl groups excluding tert-OH is 1. The topological polar surface area (TPSA) is 78.9 Å². The molecule has 3 amide bonds. The van der Waals surface area contributed by atoms with Gasteiger partial charge in [0, 0.05) is 0 Å². The van der Waals surface area contributed by atoms with Crippen molar-refractivity contribution in [3.05, 3.63) is 30.1 Å². The number of urea groups is 1. The standard InChI is InChI=1S/C18H23FN2O4/c1-12-6-8-18(9-7-12)16(23)21(17(24)20-18)10-14(22)11-25-15-4-2-13(19)3-5-15/h2-5,12,14,22H,6-11H2,1H3,(H,20,24). The van der Waals surface area contributed by atoms with Crippen LogP contribution in [0.15, 0.2) is 24.3 Å². The molecule has 1 aliphatic carbocycles. The molecule has 1 saturated heterocycles. The van der Waals surface area contributed by atoms with Gasteiger partial charge in [-0.15, -0.1) is 0 Å². The molecule has 2 N–H and O–H groups in total. The summed E-state index contributed by atoms with van der Waals surface area (Å²) < 4.78 is 18.2. The third-order valence-corrected chi connectivity index (χ3v) is 5.02. The van der Waals surface area contributed by atoms with Gasteiger partial charge in [-0.1, -0.05) is 6.92 Å². The molecule has 2 fully saturated rings. The predicted molar refractivity (Wildman–Crippen MR) is 88.5 cm³/mol. The van der Waals surface area contributed by atoms with Crippen LogP contribution in [0.3, 0.4) is 0 Å². The summed E-state index contributed by atoms with van der Waals surface area (Å²) in [6, 6.07) is 4.96. The van der Waals surface area contributed by atoms with Crippen LogP contribution in [0.2, 0.25) is 0 Å². The maximum absolute atomic E-state index is 12.8. The molecule has 1 saturated carbocycles. The van der Waals surface area contributed by atoms with Gasteiger partial charge in [0.1, 0.15) is 29.8 Å². The minimum Gasteiger partial charge on any atom is -0.491 e. The zero-order chi connectivity index (χ0) is 18.0. The summed E-state index contributed by atoms with van der Waals surface area (Å²) >= 11 is 0. The van der Waals surface area contributed by atoms with E-state index in [0.717, 1.165) is 17.7 Å². The molecule has 1 heterocycles. The number of carbonyl (C=O) groups is 2. The van der Waals surface area contributed by atoms with Crippen molar-refractivity contribution in [3.63, 3.8) is 0 Å². The number of hydrogen-bond donors (Lipinski definition) is 2. The van der Waals surface area contributed by atoms with Crippen molar-refractivity contribution in [2.75, 3.05) is 13.2 Å². The lowest BCUT2D eigenvalue weighted by molar-refractivity contribution is -0.133. The van der Waals surface area contributed by atoms with E-state index in [4.69, 9.17) is 4.74 Å². The van der Waals surface area contributed by atoms with Crippen LogP contribution in [0.4, 0.5) is 9.18 Å². The third kappa shape index (κ3) is 3.76. The SMILES string of the molecule is CC1CCC2(CC1)NC(=O)N(CC(O)COc1ccc(F)cc1)C2=O. The first-order chi connectivity index (χ1) is 11.9. The van der Waals surface area contributed by atoms with Gasteiger partial charge in [0.25, 0.3) is 5.91 Å². The molecule has 3 rings (SSSR count). The smallest absolute Gasteiger partial charge is 0.325 e. The van der Waals surface area contributed by atoms with Gasteiger partial charge in [-0.3, -0.25) is 9.69 Å². The fourth-order valence-electron chi connectivity index (χ4n) is 3.42. The Hall–Kier alpha value is -2.15. The first kappa shape index (κ1) is 17.7. The van der Waals surface area contributed by atoms with E-state index in [-0.39, 0.29) is 24.9 Å². The number of rotatable bonds is 5. The number of benzene rings is 1. The first-order valence-corrected chi connectivity index (χ1v) is 8.60. The molecule has 1 aromatic carbocycles. The molecule has 0 radical (unpaired) electrons. The van der Waals surface area contributed by atoms with Crippen molar-refractivity contribution < 1.29 is 23.8 Å². The normalized spacial score (nSPS) is 27.5. The maximum Gasteiger partial charge on any atom is 0.325 e. The van der Waals surface area contributed by atoms with E-state index < -0.39 is 17.7 Å². The Morgan fingerprint density at radius 1 is 1.32 bits per heavy atom. The second-order valence-electron chi connectivity index (χ2n) is 7.03. The van der Waals surface area contributed by atoms with E-state index in [9.17, 15) is 19.1 Å². The summed E-state index contributed by atoms with van der Waals surface area (Å²) in [6.07, 6.45) is 2.05. The van der Waals surface area contributed by atoms with Crippen LogP contribution in [0, 0.1) is 11.7 Å². The van der Waals surface area contributed by atoms with Gasteiger partial charge in [0.15, 0.2) is 0 Å². The number of β-amino-alcohol motifs (C(OH)–C–C–N with tert-alkyl or cyclic N) is 1. The Morgan fingerprint density at radius 2 is 1.96 bits per heavy atom. The minimum absolute atomic E-state index is 0.0905. The number of halogens is 1. The van der Waals surface area contributed by atoms with Gasteiger partial charge >= 0.3 is 6.03 Å². The lowest BCUT2D eigenvalue weighted by Gasteiger charge is -2.33. The third-order valence-electron chi connectivity index (χ3n) is 5.02. The second-order valence-corrected chi connectivity index (χ2v) is 7.03. The lowest BCUT2D eigenvalue weighted by Crippen LogP contribution is -2.49. The molecule has 0 bridgehead atoms. The Labute approximate surface area is 146 Å². The molecule has 0 aromatic heterocycles. The number of carbonyl (C=O) groups excluding carboxylic acids is 2. The molecular weight excluding hydrogens is 327 g/mol. The molecule has 136 valence electrons. The highest BCUT2D eigenvalue weighted by molar-refractivity contribution is 6.07. The predicted octanol–water partition coefficient (Wildman–Crippen LogP) is 2.07. The largest absolute Gasteiger partial charge is 0.491 e. The van der Waals surface area contributed by atoms with Crippen LogP contribution in [0.5, 0.6) is 5.75 Å². The highest BCUT2D eigenvalue weighted by Gasteiger charge is 2.52. The van der Waals surface area contributed by atoms with Crippen molar-refractivity contribution in [3.8, 4) is 5.75 Å². The summed E-state index contributed by atoms with van der Waals surface area (Å²) in [5.74, 6) is 0.332. The molecule has 2 aliphatic rings. The Balaban J connectivity index is 1.55. The summed E-state index contributed by atoms with van der Waals surface area (Å²) in [7, 11) is 0. The van der Waals surface area contributed by atoms with E-state index in [1.807, 2.05) is 0 Å². The van der Waals surface area contributed by atoms with Gasteiger partial charge in [-0.05, 0) is 55.9 Å². The molecule has 1 unspecified atom stereocenters. The van der Waals surface area contributed by atoms with Crippen molar-refractivity contribution in [2.45, 2.75) is 44.2 Å². The summed E-state index contributed by atoms with van der Waals surface area (Å²) in [6.45, 7) is 1.93. The van der Waals surface area contributed by atoms with E-state index >= 15 is 0 Å². The van der Waals surface area contributed by atoms with E-state index in [0.29, 0.717) is 24.5 Å². The number of hydrogen-bond acceptors (Lipinski definition) is 4. The van der Waals surface area contributed by atoms with E-state index in [2.05, 4.69) is 12.2 Å². The van der Waals surface area contributed by atoms with Crippen molar-refractivity contribution >= 4 is 11.9 Å². The van der Waals surface area contributed by atoms with Crippen molar-refractivity contribution in [1.29, 1.82) is 0 Å². The van der Waals surface area contributed by atoms with Crippen molar-refractivity contribution in [2.24, 2.45) is 5.92 Å². The van der Waals surface area contributed by atoms with E-state index in [1.165, 1.54) is 24.3 Å². The number of ether oxygens (including phenoxy) is 1. The Morgan fingerprint density at radius 3 is 2.60 bits per heavy atom. The van der Waals surface area contributed by atoms with Gasteiger partial charge in [0.2, 0.25) is 0 Å². The van der Waals surface area contributed by atoms with Crippen LogP contribution >= 0.6 is 0 Å². The molecule has 1 atom stereocenters. The molecule has 25 heavy (non-hydrogen) atoms. The number of nitrogens with one attached hydrogen (secondary N) is 1. The summed E-state index contributed by atoms with van der Waals surface area (Å²) in [5.41, 5.74) is -0.804. The fourth-order valence-corrected chi connectivity index (χ4v) is 3.42. The Kier molecular flexibility index (Phi) is 4.94. The van der Waals surface area contributed by atoms with Crippen molar-refractivity contribution in [1.82, 2.24) is 10.2 Å². The summed E-state index contributed by atoms with van der Waals surface area (Å²) in [5, 5.41) is 12.9. The lowest BCUT2D eigenvalue weighted by atomic mass is 9.77. The van der Waals surface area contributed by atoms with Gasteiger partial charge in [0.05, 0.1) is 6.54 Å². The quantitative estimate of drug-likeness (QED) is 0.797. The highest BCUT2D eigenvalue weighted by atomic mass is 19.1. The maximum atomic E-state index is 12.8. The molecule has 1 spiro atoms. The second kappa shape index (κ2) is 7.00. The fraction of sp³-hybridized carbons (Fsp3) is 0.556. The molecular formula is C18H23FN2O4. The molecule has 1 aromatic rings. The minimum atomic E-state index is -1.02. The number of nitrogens with zero attached hydrogens (tertiary/aromatic N) is 1. The van der Waals surface area contributed by atoms with Crippen LogP contribution in [-0.2, 0) is 4.79 Å². The van der Waals surface area contributed by atoms with Gasteiger partial charge in [-0.25, -0.2) is 9.18 Å². The van der Waals surface area contributed by atoms with Gasteiger partial charge in [-0.2, -0.15) is 0 Å². The zero-order valence-corrected chi connectivity index (χ0v) is 14.2. The average molecular weight is 350 g/mol. The molecule has 7 heteroatoms. The first-order valence-electron chi connectivity index (χ1n) is 8.60. The molecule has 6 nitrogen and oxygen atoms in total. The van der Waals surface area contributed by atoms with Crippen LogP contribution in [-0.4, -0.2) is 46.7 Å². The van der Waals surface area contributed by atoms with Gasteiger partial charge < -0.3 is 15.2 Å². The van der Waals surface area contributed by atoms with Crippen LogP contribution in [0.25, 0.3) is 0 Å². The van der Waals surface area contributed by atoms with E-state index in [1.54, 1.807) is 0 Å². The highest BCUT2D eigenvalue weighted by Crippen LogP contribution is 2.36. The number of amides is 3.